The summed E-state index contributed by atoms with van der Waals surface area (Å²) in [6, 6.07) is 12.3. The molecule has 126 valence electrons. The number of carbonyl (C=O) groups excluding carboxylic acids is 1. The average molecular weight is 429 g/mol. The number of nitrogens with one attached hydrogen (secondary N) is 2. The number of halogens is 3. The summed E-state index contributed by atoms with van der Waals surface area (Å²) in [4.78, 5) is 12.2. The number of nitrogens with zero attached hydrogens (tertiary/aromatic N) is 1. The number of amides is 1. The summed E-state index contributed by atoms with van der Waals surface area (Å²) in [5.41, 5.74) is 4.06. The van der Waals surface area contributed by atoms with E-state index in [4.69, 9.17) is 23.2 Å². The number of carbonyl (C=O) groups is 1. The minimum atomic E-state index is -0.385. The van der Waals surface area contributed by atoms with Gasteiger partial charge in [0.2, 0.25) is 0 Å². The predicted octanol–water partition coefficient (Wildman–Crippen LogP) is 5.10. The van der Waals surface area contributed by atoms with Gasteiger partial charge < -0.3 is 5.32 Å². The normalized spacial score (nSPS) is 12.2. The van der Waals surface area contributed by atoms with Crippen molar-refractivity contribution in [1.29, 1.82) is 0 Å². The molecule has 1 amide bonds. The van der Waals surface area contributed by atoms with Crippen molar-refractivity contribution in [1.82, 2.24) is 5.43 Å². The number of hydrazone groups is 1. The Hall–Kier alpha value is -1.56. The Kier molecular flexibility index (Phi) is 7.09. The molecule has 24 heavy (non-hydrogen) atoms. The number of hydrogen-bond donors (Lipinski definition) is 2. The summed E-state index contributed by atoms with van der Waals surface area (Å²) in [5.74, 6) is -0.221. The van der Waals surface area contributed by atoms with Gasteiger partial charge in [-0.25, -0.2) is 5.43 Å². The summed E-state index contributed by atoms with van der Waals surface area (Å²) in [5, 5.41) is 8.15. The molecule has 0 fully saturated rings. The maximum absolute atomic E-state index is 12.2. The molecule has 0 heterocycles. The highest BCUT2D eigenvalue weighted by Gasteiger charge is 2.15. The SMILES string of the molecule is CC[C@H](Nc1ccc(Br)cc1)C(=O)N/N=C\c1ccc(Cl)cc1Cl. The molecule has 0 spiro atoms. The molecule has 0 aliphatic carbocycles. The van der Waals surface area contributed by atoms with Crippen molar-refractivity contribution in [2.24, 2.45) is 5.10 Å². The molecular formula is C17H16BrCl2N3O. The Morgan fingerprint density at radius 2 is 1.96 bits per heavy atom. The van der Waals surface area contributed by atoms with E-state index in [-0.39, 0.29) is 11.9 Å². The van der Waals surface area contributed by atoms with Crippen LogP contribution in [0, 0.1) is 0 Å². The van der Waals surface area contributed by atoms with Gasteiger partial charge in [0.05, 0.1) is 11.2 Å². The summed E-state index contributed by atoms with van der Waals surface area (Å²) in [6.45, 7) is 1.93. The number of benzene rings is 2. The summed E-state index contributed by atoms with van der Waals surface area (Å²) >= 11 is 15.3. The van der Waals surface area contributed by atoms with Crippen molar-refractivity contribution in [3.05, 3.63) is 62.5 Å². The molecule has 0 saturated heterocycles. The summed E-state index contributed by atoms with van der Waals surface area (Å²) in [7, 11) is 0. The molecule has 2 aromatic carbocycles. The largest absolute Gasteiger partial charge is 0.374 e. The zero-order valence-electron chi connectivity index (χ0n) is 12.9. The first-order valence-electron chi connectivity index (χ1n) is 7.29. The van der Waals surface area contributed by atoms with E-state index in [2.05, 4.69) is 31.8 Å². The Morgan fingerprint density at radius 3 is 2.58 bits per heavy atom. The van der Waals surface area contributed by atoms with Crippen LogP contribution in [0.2, 0.25) is 10.0 Å². The van der Waals surface area contributed by atoms with Gasteiger partial charge in [0.1, 0.15) is 6.04 Å². The van der Waals surface area contributed by atoms with Gasteiger partial charge in [0, 0.05) is 20.7 Å². The summed E-state index contributed by atoms with van der Waals surface area (Å²) in [6.07, 6.45) is 2.11. The fourth-order valence-corrected chi connectivity index (χ4v) is 2.67. The zero-order valence-corrected chi connectivity index (χ0v) is 16.0. The van der Waals surface area contributed by atoms with E-state index in [0.29, 0.717) is 22.0 Å². The molecule has 0 saturated carbocycles. The molecular weight excluding hydrogens is 413 g/mol. The Bertz CT molecular complexity index is 735. The van der Waals surface area contributed by atoms with Gasteiger partial charge in [-0.05, 0) is 42.8 Å². The van der Waals surface area contributed by atoms with Crippen LogP contribution in [0.1, 0.15) is 18.9 Å². The minimum absolute atomic E-state index is 0.221. The van der Waals surface area contributed by atoms with Gasteiger partial charge in [0.25, 0.3) is 5.91 Å². The standard InChI is InChI=1S/C17H16BrCl2N3O/c1-2-16(22-14-7-4-12(18)5-8-14)17(24)23-21-10-11-3-6-13(19)9-15(11)20/h3-10,16,22H,2H2,1H3,(H,23,24)/b21-10-/t16-/m0/s1. The van der Waals surface area contributed by atoms with Crippen LogP contribution in [-0.4, -0.2) is 18.2 Å². The van der Waals surface area contributed by atoms with Gasteiger partial charge in [0.15, 0.2) is 0 Å². The Labute approximate surface area is 159 Å². The monoisotopic (exact) mass is 427 g/mol. The van der Waals surface area contributed by atoms with E-state index in [1.165, 1.54) is 6.21 Å². The Morgan fingerprint density at radius 1 is 1.25 bits per heavy atom. The minimum Gasteiger partial charge on any atom is -0.374 e. The molecule has 0 unspecified atom stereocenters. The second-order valence-corrected chi connectivity index (χ2v) is 6.77. The van der Waals surface area contributed by atoms with Crippen LogP contribution < -0.4 is 10.7 Å². The molecule has 2 aromatic rings. The van der Waals surface area contributed by atoms with E-state index in [1.54, 1.807) is 18.2 Å². The third-order valence-electron chi connectivity index (χ3n) is 3.25. The smallest absolute Gasteiger partial charge is 0.262 e. The van der Waals surface area contributed by atoms with Crippen LogP contribution in [-0.2, 0) is 4.79 Å². The van der Waals surface area contributed by atoms with Crippen molar-refractivity contribution in [2.75, 3.05) is 5.32 Å². The van der Waals surface area contributed by atoms with Crippen LogP contribution >= 0.6 is 39.1 Å². The van der Waals surface area contributed by atoms with E-state index in [1.807, 2.05) is 31.2 Å². The van der Waals surface area contributed by atoms with Gasteiger partial charge >= 0.3 is 0 Å². The lowest BCUT2D eigenvalue weighted by atomic mass is 10.2. The fraction of sp³-hybridized carbons (Fsp3) is 0.176. The predicted molar refractivity (Wildman–Crippen MR) is 104 cm³/mol. The first kappa shape index (κ1) is 18.8. The van der Waals surface area contributed by atoms with Crippen molar-refractivity contribution in [3.8, 4) is 0 Å². The van der Waals surface area contributed by atoms with Crippen LogP contribution in [0.3, 0.4) is 0 Å². The quantitative estimate of drug-likeness (QED) is 0.496. The molecule has 2 N–H and O–H groups in total. The maximum Gasteiger partial charge on any atom is 0.262 e. The zero-order chi connectivity index (χ0) is 17.5. The fourth-order valence-electron chi connectivity index (χ4n) is 1.95. The number of rotatable bonds is 6. The molecule has 0 aliphatic heterocycles. The molecule has 0 bridgehead atoms. The first-order valence-corrected chi connectivity index (χ1v) is 8.84. The van der Waals surface area contributed by atoms with Gasteiger partial charge in [-0.15, -0.1) is 0 Å². The second-order valence-electron chi connectivity index (χ2n) is 5.01. The van der Waals surface area contributed by atoms with Crippen molar-refractivity contribution >= 4 is 56.9 Å². The molecule has 0 aliphatic rings. The number of anilines is 1. The number of hydrogen-bond acceptors (Lipinski definition) is 3. The van der Waals surface area contributed by atoms with Gasteiger partial charge in [-0.2, -0.15) is 5.10 Å². The van der Waals surface area contributed by atoms with Gasteiger partial charge in [-0.3, -0.25) is 4.79 Å². The lowest BCUT2D eigenvalue weighted by Gasteiger charge is -2.16. The van der Waals surface area contributed by atoms with Crippen molar-refractivity contribution in [2.45, 2.75) is 19.4 Å². The lowest BCUT2D eigenvalue weighted by Crippen LogP contribution is -2.36. The third-order valence-corrected chi connectivity index (χ3v) is 4.34. The van der Waals surface area contributed by atoms with Crippen molar-refractivity contribution < 1.29 is 4.79 Å². The van der Waals surface area contributed by atoms with Crippen molar-refractivity contribution in [3.63, 3.8) is 0 Å². The third kappa shape index (κ3) is 5.51. The van der Waals surface area contributed by atoms with E-state index in [9.17, 15) is 4.79 Å². The average Bonchev–Trinajstić information content (AvgIpc) is 2.56. The second kappa shape index (κ2) is 9.06. The Balaban J connectivity index is 1.96. The molecule has 0 aromatic heterocycles. The van der Waals surface area contributed by atoms with Crippen LogP contribution in [0.5, 0.6) is 0 Å². The van der Waals surface area contributed by atoms with E-state index >= 15 is 0 Å². The first-order chi connectivity index (χ1) is 11.5. The topological polar surface area (TPSA) is 53.5 Å². The summed E-state index contributed by atoms with van der Waals surface area (Å²) < 4.78 is 0.981. The molecule has 2 rings (SSSR count). The highest BCUT2D eigenvalue weighted by Crippen LogP contribution is 2.19. The van der Waals surface area contributed by atoms with Crippen LogP contribution in [0.4, 0.5) is 5.69 Å². The maximum atomic E-state index is 12.2. The van der Waals surface area contributed by atoms with E-state index in [0.717, 1.165) is 10.2 Å². The highest BCUT2D eigenvalue weighted by molar-refractivity contribution is 9.10. The van der Waals surface area contributed by atoms with Crippen LogP contribution in [0.25, 0.3) is 0 Å². The molecule has 0 radical (unpaired) electrons. The van der Waals surface area contributed by atoms with Crippen LogP contribution in [0.15, 0.2) is 52.0 Å². The van der Waals surface area contributed by atoms with E-state index < -0.39 is 0 Å². The highest BCUT2D eigenvalue weighted by atomic mass is 79.9. The molecule has 1 atom stereocenters. The van der Waals surface area contributed by atoms with Gasteiger partial charge in [-0.1, -0.05) is 52.1 Å². The molecule has 7 heteroatoms. The lowest BCUT2D eigenvalue weighted by molar-refractivity contribution is -0.121. The molecule has 4 nitrogen and oxygen atoms in total.